The number of likely N-dealkylation sites (tertiary alicyclic amines) is 1. The number of hydrogen-bond acceptors (Lipinski definition) is 7. The molecule has 1 fully saturated rings. The van der Waals surface area contributed by atoms with Crippen LogP contribution in [0.5, 0.6) is 11.5 Å². The van der Waals surface area contributed by atoms with E-state index in [1.807, 2.05) is 17.0 Å². The van der Waals surface area contributed by atoms with Crippen molar-refractivity contribution in [1.29, 1.82) is 0 Å². The number of nitrogens with zero attached hydrogens (tertiary/aromatic N) is 2. The van der Waals surface area contributed by atoms with Crippen LogP contribution in [0.15, 0.2) is 48.9 Å². The molecule has 0 saturated carbocycles. The molecule has 10 heteroatoms. The number of amides is 1. The third-order valence-electron chi connectivity index (χ3n) is 8.79. The molecule has 2 aromatic carbocycles. The van der Waals surface area contributed by atoms with E-state index in [-0.39, 0.29) is 37.0 Å². The fraction of sp³-hybridized carbons (Fsp3) is 0.515. The van der Waals surface area contributed by atoms with Crippen LogP contribution in [0.3, 0.4) is 0 Å². The molecule has 0 aromatic heterocycles. The van der Waals surface area contributed by atoms with E-state index in [0.717, 1.165) is 31.2 Å². The number of carboxylic acid groups (broad SMARTS) is 1. The van der Waals surface area contributed by atoms with Crippen LogP contribution in [0.25, 0.3) is 0 Å². The second-order valence-corrected chi connectivity index (χ2v) is 11.5. The van der Waals surface area contributed by atoms with E-state index in [2.05, 4.69) is 13.8 Å². The average Bonchev–Trinajstić information content (AvgIpc) is 3.74. The largest absolute Gasteiger partial charge is 0.481 e. The number of rotatable bonds is 13. The van der Waals surface area contributed by atoms with Gasteiger partial charge in [-0.3, -0.25) is 14.5 Å². The predicted molar refractivity (Wildman–Crippen MR) is 158 cm³/mol. The molecule has 1 unspecified atom stereocenters. The highest BCUT2D eigenvalue weighted by Crippen LogP contribution is 2.43. The van der Waals surface area contributed by atoms with Gasteiger partial charge in [0.15, 0.2) is 11.5 Å². The van der Waals surface area contributed by atoms with Gasteiger partial charge in [0.05, 0.1) is 12.5 Å². The Bertz CT molecular complexity index is 1320. The molecule has 43 heavy (non-hydrogen) atoms. The average molecular weight is 597 g/mol. The van der Waals surface area contributed by atoms with E-state index in [0.29, 0.717) is 42.1 Å². The maximum Gasteiger partial charge on any atom is 0.308 e. The second kappa shape index (κ2) is 13.7. The fourth-order valence-corrected chi connectivity index (χ4v) is 6.76. The number of benzene rings is 2. The van der Waals surface area contributed by atoms with Gasteiger partial charge in [0.25, 0.3) is 0 Å². The van der Waals surface area contributed by atoms with Gasteiger partial charge in [-0.15, -0.1) is 0 Å². The molecule has 0 aliphatic carbocycles. The summed E-state index contributed by atoms with van der Waals surface area (Å²) in [6.07, 6.45) is 6.67. The Morgan fingerprint density at radius 3 is 2.47 bits per heavy atom. The Morgan fingerprint density at radius 2 is 1.77 bits per heavy atom. The van der Waals surface area contributed by atoms with E-state index in [1.165, 1.54) is 18.6 Å². The molecule has 1 amide bonds. The molecular formula is C33H41FN2O7. The lowest BCUT2D eigenvalue weighted by Crippen LogP contribution is -2.48. The highest BCUT2D eigenvalue weighted by atomic mass is 19.1. The lowest BCUT2D eigenvalue weighted by atomic mass is 9.83. The topological polar surface area (TPSA) is 97.8 Å². The Kier molecular flexibility index (Phi) is 9.75. The van der Waals surface area contributed by atoms with Crippen molar-refractivity contribution in [2.24, 2.45) is 5.92 Å². The summed E-state index contributed by atoms with van der Waals surface area (Å²) in [4.78, 5) is 31.0. The summed E-state index contributed by atoms with van der Waals surface area (Å²) >= 11 is 0. The molecule has 5 rings (SSSR count). The molecule has 0 bridgehead atoms. The molecular weight excluding hydrogens is 555 g/mol. The standard InChI is InChI=1S/C33H41FN2O7/c1-4-7-23(8-5-2)36(26-10-6-9-25(34)21(26)3)30(37)19-35-18-24(22-11-13-28-29(17-22)43-20-42-28)32(33(38)39)27(35)12-14-31-40-15-16-41-31/h6,9-11,13,15-17,23-24,27,31-32H,4-5,7-8,12,14,18-20H2,1-3H3,(H,38,39)/t24?,27-,32+/m1/s1. The first-order chi connectivity index (χ1) is 20.8. The minimum absolute atomic E-state index is 0.0000113. The van der Waals surface area contributed by atoms with Crippen molar-refractivity contribution in [3.05, 3.63) is 65.9 Å². The highest BCUT2D eigenvalue weighted by molar-refractivity contribution is 5.96. The molecule has 2 aromatic rings. The molecule has 1 saturated heterocycles. The van der Waals surface area contributed by atoms with Gasteiger partial charge in [-0.05, 0) is 56.0 Å². The number of halogens is 1. The van der Waals surface area contributed by atoms with Gasteiger partial charge in [-0.1, -0.05) is 38.8 Å². The maximum atomic E-state index is 14.8. The van der Waals surface area contributed by atoms with Gasteiger partial charge in [0, 0.05) is 42.2 Å². The van der Waals surface area contributed by atoms with Crippen molar-refractivity contribution >= 4 is 17.6 Å². The van der Waals surface area contributed by atoms with Crippen LogP contribution in [-0.2, 0) is 19.1 Å². The highest BCUT2D eigenvalue weighted by Gasteiger charge is 2.48. The third-order valence-corrected chi connectivity index (χ3v) is 8.79. The van der Waals surface area contributed by atoms with Crippen molar-refractivity contribution in [2.45, 2.75) is 83.6 Å². The first-order valence-electron chi connectivity index (χ1n) is 15.2. The number of carbonyl (C=O) groups excluding carboxylic acids is 1. The van der Waals surface area contributed by atoms with Crippen molar-refractivity contribution in [3.63, 3.8) is 0 Å². The minimum atomic E-state index is -0.929. The Labute approximate surface area is 252 Å². The summed E-state index contributed by atoms with van der Waals surface area (Å²) in [7, 11) is 0. The predicted octanol–water partition coefficient (Wildman–Crippen LogP) is 5.96. The SMILES string of the molecule is CCCC(CCC)N(C(=O)CN1CC(c2ccc3c(c2)OCO3)[C@H](C(=O)O)[C@H]1CCC1OC=CO1)c1cccc(F)c1C. The molecule has 1 N–H and O–H groups in total. The number of carboxylic acids is 1. The zero-order valence-electron chi connectivity index (χ0n) is 25.0. The summed E-state index contributed by atoms with van der Waals surface area (Å²) in [6, 6.07) is 9.81. The van der Waals surface area contributed by atoms with E-state index in [4.69, 9.17) is 18.9 Å². The lowest BCUT2D eigenvalue weighted by Gasteiger charge is -2.35. The van der Waals surface area contributed by atoms with Crippen LogP contribution in [0, 0.1) is 18.7 Å². The maximum absolute atomic E-state index is 14.8. The number of anilines is 1. The summed E-state index contributed by atoms with van der Waals surface area (Å²) in [6.45, 7) is 6.34. The minimum Gasteiger partial charge on any atom is -0.481 e. The van der Waals surface area contributed by atoms with Gasteiger partial charge < -0.3 is 29.0 Å². The Hall–Kier alpha value is -3.79. The third kappa shape index (κ3) is 6.59. The summed E-state index contributed by atoms with van der Waals surface area (Å²) in [5, 5.41) is 10.5. The van der Waals surface area contributed by atoms with E-state index in [9.17, 15) is 19.1 Å². The normalized spacial score (nSPS) is 21.3. The zero-order valence-corrected chi connectivity index (χ0v) is 25.0. The fourth-order valence-electron chi connectivity index (χ4n) is 6.76. The van der Waals surface area contributed by atoms with Crippen LogP contribution in [0.1, 0.15) is 69.4 Å². The smallest absolute Gasteiger partial charge is 0.308 e. The number of fused-ring (bicyclic) bond motifs is 1. The molecule has 3 atom stereocenters. The first-order valence-corrected chi connectivity index (χ1v) is 15.2. The van der Waals surface area contributed by atoms with Gasteiger partial charge in [0.1, 0.15) is 18.3 Å². The van der Waals surface area contributed by atoms with Crippen LogP contribution < -0.4 is 14.4 Å². The van der Waals surface area contributed by atoms with Crippen LogP contribution in [0.4, 0.5) is 10.1 Å². The monoisotopic (exact) mass is 596 g/mol. The molecule has 0 radical (unpaired) electrons. The molecule has 232 valence electrons. The van der Waals surface area contributed by atoms with Crippen LogP contribution >= 0.6 is 0 Å². The number of ether oxygens (including phenoxy) is 4. The zero-order chi connectivity index (χ0) is 30.5. The van der Waals surface area contributed by atoms with E-state index < -0.39 is 24.2 Å². The summed E-state index contributed by atoms with van der Waals surface area (Å²) in [5.41, 5.74) is 1.81. The second-order valence-electron chi connectivity index (χ2n) is 11.5. The van der Waals surface area contributed by atoms with Crippen molar-refractivity contribution in [3.8, 4) is 11.5 Å². The Morgan fingerprint density at radius 1 is 1.05 bits per heavy atom. The number of aliphatic carboxylic acids is 1. The quantitative estimate of drug-likeness (QED) is 0.303. The lowest BCUT2D eigenvalue weighted by molar-refractivity contribution is -0.143. The molecule has 9 nitrogen and oxygen atoms in total. The van der Waals surface area contributed by atoms with Gasteiger partial charge in [-0.25, -0.2) is 4.39 Å². The van der Waals surface area contributed by atoms with Crippen LogP contribution in [-0.4, -0.2) is 60.1 Å². The molecule has 3 heterocycles. The Balaban J connectivity index is 1.47. The van der Waals surface area contributed by atoms with Crippen molar-refractivity contribution < 1.29 is 38.0 Å². The van der Waals surface area contributed by atoms with Crippen molar-refractivity contribution in [1.82, 2.24) is 4.90 Å². The number of carbonyl (C=O) groups is 2. The van der Waals surface area contributed by atoms with Crippen LogP contribution in [0.2, 0.25) is 0 Å². The molecule has 3 aliphatic heterocycles. The molecule has 3 aliphatic rings. The van der Waals surface area contributed by atoms with Gasteiger partial charge >= 0.3 is 5.97 Å². The van der Waals surface area contributed by atoms with E-state index in [1.54, 1.807) is 30.0 Å². The molecule has 0 spiro atoms. The number of hydrogen-bond donors (Lipinski definition) is 1. The van der Waals surface area contributed by atoms with Gasteiger partial charge in [0.2, 0.25) is 19.0 Å². The van der Waals surface area contributed by atoms with E-state index >= 15 is 0 Å². The summed E-state index contributed by atoms with van der Waals surface area (Å²) in [5.74, 6) is -1.42. The van der Waals surface area contributed by atoms with Gasteiger partial charge in [-0.2, -0.15) is 0 Å². The first kappa shape index (κ1) is 30.7. The van der Waals surface area contributed by atoms with Crippen molar-refractivity contribution in [2.75, 3.05) is 24.8 Å². The summed E-state index contributed by atoms with van der Waals surface area (Å²) < 4.78 is 36.8.